The van der Waals surface area contributed by atoms with Gasteiger partial charge in [0.1, 0.15) is 11.2 Å². The molecule has 2 heterocycles. The van der Waals surface area contributed by atoms with E-state index in [1.165, 1.54) is 17.4 Å². The van der Waals surface area contributed by atoms with Crippen LogP contribution in [0, 0.1) is 0 Å². The van der Waals surface area contributed by atoms with E-state index in [9.17, 15) is 24.6 Å². The Morgan fingerprint density at radius 1 is 1.11 bits per heavy atom. The minimum Gasteiger partial charge on any atom is -0.444 e. The number of β-amino-alcohol motifs (C(OH)–C–C–N with tert-alkyl or cyclic N) is 1. The number of benzene rings is 2. The average molecular weight is 524 g/mol. The van der Waals surface area contributed by atoms with Gasteiger partial charge in [0.05, 0.1) is 6.54 Å². The number of anilines is 1. The van der Waals surface area contributed by atoms with Crippen LogP contribution in [0.25, 0.3) is 0 Å². The maximum absolute atomic E-state index is 13.3. The molecule has 2 aromatic rings. The Kier molecular flexibility index (Phi) is 7.80. The molecule has 2 aliphatic heterocycles. The summed E-state index contributed by atoms with van der Waals surface area (Å²) in [6.07, 6.45) is -0.316. The van der Waals surface area contributed by atoms with Crippen molar-refractivity contribution in [2.45, 2.75) is 70.3 Å². The van der Waals surface area contributed by atoms with Crippen LogP contribution in [0.5, 0.6) is 0 Å². The van der Waals surface area contributed by atoms with Crippen molar-refractivity contribution in [1.82, 2.24) is 10.2 Å². The second kappa shape index (κ2) is 10.7. The van der Waals surface area contributed by atoms with E-state index < -0.39 is 29.3 Å². The Balaban J connectivity index is 1.35. The van der Waals surface area contributed by atoms with Gasteiger partial charge in [0.2, 0.25) is 0 Å². The molecular formula is C29H37N3O6. The van der Waals surface area contributed by atoms with E-state index in [-0.39, 0.29) is 12.5 Å². The van der Waals surface area contributed by atoms with Crippen molar-refractivity contribution in [3.8, 4) is 0 Å². The Morgan fingerprint density at radius 2 is 1.79 bits per heavy atom. The molecule has 2 fully saturated rings. The number of hydrogen-bond acceptors (Lipinski definition) is 6. The van der Waals surface area contributed by atoms with Gasteiger partial charge in [-0.15, -0.1) is 0 Å². The standard InChI is InChI=1S/C29H37N3O6/c1-28(2,3)38-27(36)30-17-19-7-5-8-21(15-19)20-11-13-31(14-12-20)25(34)22-9-6-10-23(16-22)32-18-29(4,37)24(33)26(32)35/h5-10,15-16,20,24,33,37H,11-14,17-18H2,1-4H3,(H,30,36). The summed E-state index contributed by atoms with van der Waals surface area (Å²) in [5.41, 5.74) is 1.02. The van der Waals surface area contributed by atoms with Gasteiger partial charge in [-0.1, -0.05) is 30.3 Å². The van der Waals surface area contributed by atoms with Crippen molar-refractivity contribution >= 4 is 23.6 Å². The third-order valence-electron chi connectivity index (χ3n) is 7.01. The highest BCUT2D eigenvalue weighted by molar-refractivity contribution is 6.02. The Labute approximate surface area is 223 Å². The lowest BCUT2D eigenvalue weighted by atomic mass is 9.88. The molecule has 3 N–H and O–H groups in total. The molecule has 9 nitrogen and oxygen atoms in total. The molecule has 2 saturated heterocycles. The topological polar surface area (TPSA) is 119 Å². The van der Waals surface area contributed by atoms with E-state index in [1.54, 1.807) is 24.3 Å². The highest BCUT2D eigenvalue weighted by Crippen LogP contribution is 2.31. The van der Waals surface area contributed by atoms with Gasteiger partial charge < -0.3 is 30.1 Å². The zero-order valence-corrected chi connectivity index (χ0v) is 22.4. The molecule has 0 radical (unpaired) electrons. The smallest absolute Gasteiger partial charge is 0.407 e. The number of carbonyl (C=O) groups is 3. The van der Waals surface area contributed by atoms with Gasteiger partial charge in [-0.25, -0.2) is 4.79 Å². The first-order valence-corrected chi connectivity index (χ1v) is 13.0. The molecule has 0 saturated carbocycles. The molecule has 3 amide bonds. The highest BCUT2D eigenvalue weighted by Gasteiger charge is 2.47. The first-order valence-electron chi connectivity index (χ1n) is 13.0. The van der Waals surface area contributed by atoms with E-state index in [4.69, 9.17) is 4.74 Å². The second-order valence-corrected chi connectivity index (χ2v) is 11.4. The lowest BCUT2D eigenvalue weighted by Gasteiger charge is -2.32. The minimum atomic E-state index is -1.54. The summed E-state index contributed by atoms with van der Waals surface area (Å²) in [4.78, 5) is 40.8. The number of aliphatic hydroxyl groups excluding tert-OH is 1. The summed E-state index contributed by atoms with van der Waals surface area (Å²) >= 11 is 0. The van der Waals surface area contributed by atoms with Gasteiger partial charge in [0.15, 0.2) is 6.10 Å². The summed E-state index contributed by atoms with van der Waals surface area (Å²) in [6, 6.07) is 14.9. The fourth-order valence-electron chi connectivity index (χ4n) is 4.97. The van der Waals surface area contributed by atoms with E-state index in [1.807, 2.05) is 37.8 Å². The molecule has 0 aromatic heterocycles. The number of ether oxygens (including phenoxy) is 1. The zero-order chi connectivity index (χ0) is 27.7. The number of alkyl carbamates (subject to hydrolysis) is 1. The summed E-state index contributed by atoms with van der Waals surface area (Å²) in [7, 11) is 0. The van der Waals surface area contributed by atoms with Crippen LogP contribution in [0.4, 0.5) is 10.5 Å². The lowest BCUT2D eigenvalue weighted by Crippen LogP contribution is -2.39. The van der Waals surface area contributed by atoms with Gasteiger partial charge in [-0.2, -0.15) is 0 Å². The van der Waals surface area contributed by atoms with Crippen molar-refractivity contribution < 1.29 is 29.3 Å². The zero-order valence-electron chi connectivity index (χ0n) is 22.4. The van der Waals surface area contributed by atoms with E-state index >= 15 is 0 Å². The van der Waals surface area contributed by atoms with Crippen molar-refractivity contribution in [3.63, 3.8) is 0 Å². The third kappa shape index (κ3) is 6.34. The first kappa shape index (κ1) is 27.6. The van der Waals surface area contributed by atoms with Crippen LogP contribution in [0.3, 0.4) is 0 Å². The molecule has 0 spiro atoms. The molecular weight excluding hydrogens is 486 g/mol. The number of hydrogen-bond donors (Lipinski definition) is 3. The molecule has 204 valence electrons. The third-order valence-corrected chi connectivity index (χ3v) is 7.01. The molecule has 2 aromatic carbocycles. The van der Waals surface area contributed by atoms with Crippen LogP contribution in [-0.4, -0.2) is 70.0 Å². The molecule has 2 unspecified atom stereocenters. The second-order valence-electron chi connectivity index (χ2n) is 11.4. The Bertz CT molecular complexity index is 1200. The molecule has 38 heavy (non-hydrogen) atoms. The fraction of sp³-hybridized carbons (Fsp3) is 0.483. The van der Waals surface area contributed by atoms with Crippen LogP contribution < -0.4 is 10.2 Å². The van der Waals surface area contributed by atoms with Crippen LogP contribution in [0.15, 0.2) is 48.5 Å². The summed E-state index contributed by atoms with van der Waals surface area (Å²) in [5, 5.41) is 23.1. The number of nitrogens with zero attached hydrogens (tertiary/aromatic N) is 2. The number of nitrogens with one attached hydrogen (secondary N) is 1. The van der Waals surface area contributed by atoms with Gasteiger partial charge in [-0.05, 0) is 75.8 Å². The average Bonchev–Trinajstić information content (AvgIpc) is 3.09. The molecule has 0 aliphatic carbocycles. The molecule has 2 aliphatic rings. The van der Waals surface area contributed by atoms with E-state index in [2.05, 4.69) is 17.4 Å². The van der Waals surface area contributed by atoms with Gasteiger partial charge in [-0.3, -0.25) is 9.59 Å². The number of rotatable bonds is 5. The summed E-state index contributed by atoms with van der Waals surface area (Å²) < 4.78 is 5.30. The maximum Gasteiger partial charge on any atom is 0.407 e. The predicted octanol–water partition coefficient (Wildman–Crippen LogP) is 3.19. The number of piperidine rings is 1. The quantitative estimate of drug-likeness (QED) is 0.554. The number of carbonyl (C=O) groups excluding carboxylic acids is 3. The van der Waals surface area contributed by atoms with Gasteiger partial charge >= 0.3 is 6.09 Å². The SMILES string of the molecule is CC(C)(C)OC(=O)NCc1cccc(C2CCN(C(=O)c3cccc(N4CC(C)(O)C(O)C4=O)c3)CC2)c1. The van der Waals surface area contributed by atoms with Crippen LogP contribution >= 0.6 is 0 Å². The first-order chi connectivity index (χ1) is 17.8. The van der Waals surface area contributed by atoms with Crippen molar-refractivity contribution in [1.29, 1.82) is 0 Å². The number of aliphatic hydroxyl groups is 2. The molecule has 4 rings (SSSR count). The van der Waals surface area contributed by atoms with Crippen LogP contribution in [0.2, 0.25) is 0 Å². The highest BCUT2D eigenvalue weighted by atomic mass is 16.6. The summed E-state index contributed by atoms with van der Waals surface area (Å²) in [5.74, 6) is -0.388. The minimum absolute atomic E-state index is 0.0393. The number of likely N-dealkylation sites (tertiary alicyclic amines) is 1. The monoisotopic (exact) mass is 523 g/mol. The van der Waals surface area contributed by atoms with Gasteiger partial charge in [0, 0.05) is 30.9 Å². The Morgan fingerprint density at radius 3 is 2.42 bits per heavy atom. The van der Waals surface area contributed by atoms with Crippen molar-refractivity contribution in [2.24, 2.45) is 0 Å². The molecule has 0 bridgehead atoms. The maximum atomic E-state index is 13.3. The van der Waals surface area contributed by atoms with Crippen LogP contribution in [-0.2, 0) is 16.1 Å². The molecule has 2 atom stereocenters. The molecule has 9 heteroatoms. The van der Waals surface area contributed by atoms with Gasteiger partial charge in [0.25, 0.3) is 11.8 Å². The predicted molar refractivity (Wildman–Crippen MR) is 143 cm³/mol. The van der Waals surface area contributed by atoms with Crippen LogP contribution in [0.1, 0.15) is 67.9 Å². The Hall–Kier alpha value is -3.43. The number of amides is 3. The largest absolute Gasteiger partial charge is 0.444 e. The van der Waals surface area contributed by atoms with Crippen molar-refractivity contribution in [2.75, 3.05) is 24.5 Å². The fourth-order valence-corrected chi connectivity index (χ4v) is 4.97. The van der Waals surface area contributed by atoms with E-state index in [0.29, 0.717) is 36.8 Å². The summed E-state index contributed by atoms with van der Waals surface area (Å²) in [6.45, 7) is 8.44. The van der Waals surface area contributed by atoms with E-state index in [0.717, 1.165) is 18.4 Å². The normalized spacial score (nSPS) is 22.5. The van der Waals surface area contributed by atoms with Crippen molar-refractivity contribution in [3.05, 3.63) is 65.2 Å². The lowest BCUT2D eigenvalue weighted by molar-refractivity contribution is -0.130.